The van der Waals surface area contributed by atoms with Crippen LogP contribution in [-0.4, -0.2) is 9.97 Å². The molecule has 20 heavy (non-hydrogen) atoms. The Hall–Kier alpha value is -1.78. The molecule has 98 valence electrons. The van der Waals surface area contributed by atoms with E-state index < -0.39 is 0 Å². The molecule has 0 bridgehead atoms. The van der Waals surface area contributed by atoms with E-state index in [-0.39, 0.29) is 0 Å². The summed E-state index contributed by atoms with van der Waals surface area (Å²) in [5.41, 5.74) is 0. The van der Waals surface area contributed by atoms with E-state index in [2.05, 4.69) is 34.2 Å². The summed E-state index contributed by atoms with van der Waals surface area (Å²) in [5.74, 6) is 0. The SMILES string of the molecule is c1ccc(Sc2ccc(Sc3ccccn3)cc2)nc1. The van der Waals surface area contributed by atoms with Crippen LogP contribution in [-0.2, 0) is 0 Å². The van der Waals surface area contributed by atoms with Crippen LogP contribution >= 0.6 is 23.5 Å². The van der Waals surface area contributed by atoms with Crippen LogP contribution < -0.4 is 0 Å². The van der Waals surface area contributed by atoms with Gasteiger partial charge in [0.25, 0.3) is 0 Å². The topological polar surface area (TPSA) is 25.8 Å². The maximum absolute atomic E-state index is 4.31. The molecule has 0 aliphatic carbocycles. The largest absolute Gasteiger partial charge is 0.250 e. The van der Waals surface area contributed by atoms with Gasteiger partial charge in [-0.2, -0.15) is 0 Å². The third-order valence-corrected chi connectivity index (χ3v) is 4.46. The zero-order chi connectivity index (χ0) is 13.6. The zero-order valence-electron chi connectivity index (χ0n) is 10.6. The summed E-state index contributed by atoms with van der Waals surface area (Å²) in [4.78, 5) is 11.0. The minimum absolute atomic E-state index is 1.01. The summed E-state index contributed by atoms with van der Waals surface area (Å²) in [6.07, 6.45) is 3.63. The fourth-order valence-electron chi connectivity index (χ4n) is 1.63. The summed E-state index contributed by atoms with van der Waals surface area (Å²) in [5, 5.41) is 2.02. The Labute approximate surface area is 126 Å². The molecule has 0 aliphatic heterocycles. The molecule has 0 N–H and O–H groups in total. The van der Waals surface area contributed by atoms with Crippen LogP contribution in [0.3, 0.4) is 0 Å². The van der Waals surface area contributed by atoms with E-state index in [1.807, 2.05) is 48.8 Å². The zero-order valence-corrected chi connectivity index (χ0v) is 12.3. The van der Waals surface area contributed by atoms with Crippen LogP contribution in [0, 0.1) is 0 Å². The Kier molecular flexibility index (Phi) is 4.35. The minimum atomic E-state index is 1.01. The molecular formula is C16H12N2S2. The monoisotopic (exact) mass is 296 g/mol. The lowest BCUT2D eigenvalue weighted by Gasteiger charge is -2.03. The number of benzene rings is 1. The van der Waals surface area contributed by atoms with E-state index in [1.54, 1.807) is 23.5 Å². The lowest BCUT2D eigenvalue weighted by molar-refractivity contribution is 1.13. The van der Waals surface area contributed by atoms with Crippen molar-refractivity contribution in [2.24, 2.45) is 0 Å². The highest BCUT2D eigenvalue weighted by Crippen LogP contribution is 2.30. The van der Waals surface area contributed by atoms with Crippen molar-refractivity contribution in [3.63, 3.8) is 0 Å². The van der Waals surface area contributed by atoms with Crippen molar-refractivity contribution in [2.75, 3.05) is 0 Å². The smallest absolute Gasteiger partial charge is 0.101 e. The summed E-state index contributed by atoms with van der Waals surface area (Å²) in [7, 11) is 0. The molecule has 3 rings (SSSR count). The Balaban J connectivity index is 1.69. The molecule has 1 aromatic carbocycles. The first-order chi connectivity index (χ1) is 9.90. The van der Waals surface area contributed by atoms with E-state index in [9.17, 15) is 0 Å². The van der Waals surface area contributed by atoms with E-state index >= 15 is 0 Å². The second-order valence-corrected chi connectivity index (χ2v) is 6.20. The normalized spacial score (nSPS) is 10.4. The highest BCUT2D eigenvalue weighted by molar-refractivity contribution is 7.99. The van der Waals surface area contributed by atoms with Gasteiger partial charge in [-0.05, 0) is 48.5 Å². The van der Waals surface area contributed by atoms with Crippen molar-refractivity contribution in [2.45, 2.75) is 19.8 Å². The number of aromatic nitrogens is 2. The number of rotatable bonds is 4. The Bertz CT molecular complexity index is 595. The molecule has 0 spiro atoms. The fourth-order valence-corrected chi connectivity index (χ4v) is 3.18. The Morgan fingerprint density at radius 1 is 0.550 bits per heavy atom. The highest BCUT2D eigenvalue weighted by Gasteiger charge is 2.00. The van der Waals surface area contributed by atoms with Crippen molar-refractivity contribution < 1.29 is 0 Å². The third kappa shape index (κ3) is 3.62. The molecule has 0 atom stereocenters. The van der Waals surface area contributed by atoms with Crippen molar-refractivity contribution in [1.29, 1.82) is 0 Å². The molecule has 3 aromatic rings. The molecule has 0 saturated carbocycles. The molecule has 0 amide bonds. The Morgan fingerprint density at radius 2 is 1.00 bits per heavy atom. The van der Waals surface area contributed by atoms with Crippen molar-refractivity contribution in [3.05, 3.63) is 73.1 Å². The first-order valence-corrected chi connectivity index (χ1v) is 7.81. The molecule has 2 nitrogen and oxygen atoms in total. The highest BCUT2D eigenvalue weighted by atomic mass is 32.2. The summed E-state index contributed by atoms with van der Waals surface area (Å²) in [6.45, 7) is 0. The van der Waals surface area contributed by atoms with Gasteiger partial charge in [-0.1, -0.05) is 35.7 Å². The number of pyridine rings is 2. The lowest BCUT2D eigenvalue weighted by atomic mass is 10.4. The molecule has 0 saturated heterocycles. The van der Waals surface area contributed by atoms with Gasteiger partial charge >= 0.3 is 0 Å². The summed E-state index contributed by atoms with van der Waals surface area (Å²) >= 11 is 3.33. The number of hydrogen-bond donors (Lipinski definition) is 0. The first-order valence-electron chi connectivity index (χ1n) is 6.18. The maximum atomic E-state index is 4.31. The van der Waals surface area contributed by atoms with Crippen LogP contribution in [0.1, 0.15) is 0 Å². The maximum Gasteiger partial charge on any atom is 0.101 e. The van der Waals surface area contributed by atoms with Crippen LogP contribution in [0.25, 0.3) is 0 Å². The predicted octanol–water partition coefficient (Wildman–Crippen LogP) is 4.78. The molecule has 0 unspecified atom stereocenters. The van der Waals surface area contributed by atoms with Gasteiger partial charge in [-0.15, -0.1) is 0 Å². The van der Waals surface area contributed by atoms with E-state index in [0.29, 0.717) is 0 Å². The lowest BCUT2D eigenvalue weighted by Crippen LogP contribution is -1.79. The number of hydrogen-bond acceptors (Lipinski definition) is 4. The van der Waals surface area contributed by atoms with Crippen LogP contribution in [0.2, 0.25) is 0 Å². The molecule has 2 heterocycles. The van der Waals surface area contributed by atoms with Crippen LogP contribution in [0.4, 0.5) is 0 Å². The average molecular weight is 296 g/mol. The van der Waals surface area contributed by atoms with Gasteiger partial charge in [-0.3, -0.25) is 0 Å². The second kappa shape index (κ2) is 6.59. The Morgan fingerprint density at radius 3 is 1.35 bits per heavy atom. The second-order valence-electron chi connectivity index (χ2n) is 4.01. The fraction of sp³-hybridized carbons (Fsp3) is 0. The van der Waals surface area contributed by atoms with Gasteiger partial charge in [-0.25, -0.2) is 9.97 Å². The third-order valence-electron chi connectivity index (χ3n) is 2.54. The molecule has 4 heteroatoms. The van der Waals surface area contributed by atoms with Crippen molar-refractivity contribution in [3.8, 4) is 0 Å². The van der Waals surface area contributed by atoms with Gasteiger partial charge in [0.2, 0.25) is 0 Å². The predicted molar refractivity (Wildman–Crippen MR) is 83.2 cm³/mol. The quantitative estimate of drug-likeness (QED) is 0.692. The van der Waals surface area contributed by atoms with Crippen LogP contribution in [0.15, 0.2) is 92.9 Å². The van der Waals surface area contributed by atoms with Gasteiger partial charge < -0.3 is 0 Å². The average Bonchev–Trinajstić information content (AvgIpc) is 2.51. The van der Waals surface area contributed by atoms with E-state index in [4.69, 9.17) is 0 Å². The standard InChI is InChI=1S/C16H12N2S2/c1-3-11-17-15(5-1)19-13-7-9-14(10-8-13)20-16-6-2-4-12-18-16/h1-12H. The first kappa shape index (κ1) is 13.2. The van der Waals surface area contributed by atoms with Gasteiger partial charge in [0.05, 0.1) is 0 Å². The minimum Gasteiger partial charge on any atom is -0.250 e. The van der Waals surface area contributed by atoms with Gasteiger partial charge in [0.1, 0.15) is 10.1 Å². The molecule has 0 aliphatic rings. The molecule has 0 radical (unpaired) electrons. The summed E-state index contributed by atoms with van der Waals surface area (Å²) in [6, 6.07) is 20.3. The number of nitrogens with zero attached hydrogens (tertiary/aromatic N) is 2. The van der Waals surface area contributed by atoms with Crippen LogP contribution in [0.5, 0.6) is 0 Å². The molecule has 0 fully saturated rings. The molecule has 2 aromatic heterocycles. The van der Waals surface area contributed by atoms with Crippen molar-refractivity contribution >= 4 is 23.5 Å². The molecular weight excluding hydrogens is 284 g/mol. The van der Waals surface area contributed by atoms with Gasteiger partial charge in [0.15, 0.2) is 0 Å². The summed E-state index contributed by atoms with van der Waals surface area (Å²) < 4.78 is 0. The van der Waals surface area contributed by atoms with Crippen molar-refractivity contribution in [1.82, 2.24) is 9.97 Å². The van der Waals surface area contributed by atoms with E-state index in [1.165, 1.54) is 9.79 Å². The van der Waals surface area contributed by atoms with E-state index in [0.717, 1.165) is 10.1 Å². The van der Waals surface area contributed by atoms with Gasteiger partial charge in [0, 0.05) is 22.2 Å².